The molecule has 1 fully saturated rings. The standard InChI is InChI=1S/C29H33N3O7S/c1-20-10-13-23(14-11-20)40(35,36)32(21-12-15-26(37-2)27(17-21)38-3)19-28(33)31-25-9-5-4-8-24(25)29(34)30-18-22-7-6-16-39-22/h4-5,8-15,17,22H,6-7,16,18-19H2,1-3H3,(H,30,34)(H,31,33)/t22-/m0/s1. The Labute approximate surface area is 234 Å². The number of nitrogens with one attached hydrogen (secondary N) is 2. The van der Waals surface area contributed by atoms with Crippen molar-refractivity contribution in [2.45, 2.75) is 30.8 Å². The van der Waals surface area contributed by atoms with E-state index in [1.807, 2.05) is 6.92 Å². The second-order valence-corrected chi connectivity index (χ2v) is 11.2. The highest BCUT2D eigenvalue weighted by Crippen LogP contribution is 2.34. The second-order valence-electron chi connectivity index (χ2n) is 9.30. The van der Waals surface area contributed by atoms with Gasteiger partial charge in [-0.25, -0.2) is 8.42 Å². The van der Waals surface area contributed by atoms with Crippen LogP contribution in [0.5, 0.6) is 11.5 Å². The SMILES string of the molecule is COc1ccc(N(CC(=O)Nc2ccccc2C(=O)NC[C@@H]2CCCO2)S(=O)(=O)c2ccc(C)cc2)cc1OC. The molecule has 0 spiro atoms. The van der Waals surface area contributed by atoms with Crippen molar-refractivity contribution in [3.63, 3.8) is 0 Å². The molecule has 11 heteroatoms. The zero-order chi connectivity index (χ0) is 28.7. The molecule has 1 aliphatic rings. The number of benzene rings is 3. The number of aryl methyl sites for hydroxylation is 1. The number of hydrogen-bond donors (Lipinski definition) is 2. The Kier molecular flexibility index (Phi) is 9.28. The second kappa shape index (κ2) is 12.8. The van der Waals surface area contributed by atoms with Crippen LogP contribution in [0.1, 0.15) is 28.8 Å². The predicted molar refractivity (Wildman–Crippen MR) is 152 cm³/mol. The maximum Gasteiger partial charge on any atom is 0.264 e. The molecule has 3 aromatic carbocycles. The van der Waals surface area contributed by atoms with E-state index in [9.17, 15) is 18.0 Å². The highest BCUT2D eigenvalue weighted by Gasteiger charge is 2.29. The minimum atomic E-state index is -4.16. The van der Waals surface area contributed by atoms with Gasteiger partial charge in [-0.3, -0.25) is 13.9 Å². The van der Waals surface area contributed by atoms with Crippen LogP contribution in [0.2, 0.25) is 0 Å². The first-order chi connectivity index (χ1) is 19.2. The maximum atomic E-state index is 13.8. The minimum Gasteiger partial charge on any atom is -0.493 e. The number of anilines is 2. The van der Waals surface area contributed by atoms with E-state index in [1.165, 1.54) is 38.5 Å². The summed E-state index contributed by atoms with van der Waals surface area (Å²) < 4.78 is 44.7. The first kappa shape index (κ1) is 28.9. The van der Waals surface area contributed by atoms with Gasteiger partial charge in [0.2, 0.25) is 5.91 Å². The Bertz CT molecular complexity index is 1450. The number of methoxy groups -OCH3 is 2. The average Bonchev–Trinajstić information content (AvgIpc) is 3.48. The van der Waals surface area contributed by atoms with E-state index in [2.05, 4.69) is 10.6 Å². The number of rotatable bonds is 11. The van der Waals surface area contributed by atoms with Crippen LogP contribution in [-0.4, -0.2) is 60.3 Å². The minimum absolute atomic E-state index is 0.0228. The van der Waals surface area contributed by atoms with Crippen LogP contribution in [0.25, 0.3) is 0 Å². The molecule has 10 nitrogen and oxygen atoms in total. The number of carbonyl (C=O) groups excluding carboxylic acids is 2. The van der Waals surface area contributed by atoms with Crippen LogP contribution in [0.3, 0.4) is 0 Å². The topological polar surface area (TPSA) is 123 Å². The van der Waals surface area contributed by atoms with Crippen molar-refractivity contribution >= 4 is 33.2 Å². The van der Waals surface area contributed by atoms with E-state index >= 15 is 0 Å². The molecule has 2 amide bonds. The number of carbonyl (C=O) groups is 2. The summed E-state index contributed by atoms with van der Waals surface area (Å²) in [5.74, 6) is -0.288. The van der Waals surface area contributed by atoms with Gasteiger partial charge in [0, 0.05) is 19.2 Å². The molecular formula is C29H33N3O7S. The third kappa shape index (κ3) is 6.72. The number of sulfonamides is 1. The van der Waals surface area contributed by atoms with Crippen molar-refractivity contribution < 1.29 is 32.2 Å². The van der Waals surface area contributed by atoms with Crippen molar-refractivity contribution in [2.24, 2.45) is 0 Å². The van der Waals surface area contributed by atoms with Crippen LogP contribution in [-0.2, 0) is 19.6 Å². The van der Waals surface area contributed by atoms with Gasteiger partial charge in [-0.15, -0.1) is 0 Å². The summed E-state index contributed by atoms with van der Waals surface area (Å²) in [5, 5.41) is 5.56. The molecule has 1 aliphatic heterocycles. The molecule has 0 saturated carbocycles. The summed E-state index contributed by atoms with van der Waals surface area (Å²) in [6.07, 6.45) is 1.79. The van der Waals surface area contributed by atoms with Crippen LogP contribution >= 0.6 is 0 Å². The average molecular weight is 568 g/mol. The molecule has 0 radical (unpaired) electrons. The summed E-state index contributed by atoms with van der Waals surface area (Å²) in [6, 6.07) is 17.5. The predicted octanol–water partition coefficient (Wildman–Crippen LogP) is 3.76. The van der Waals surface area contributed by atoms with Gasteiger partial charge in [0.05, 0.1) is 42.2 Å². The van der Waals surface area contributed by atoms with Crippen LogP contribution in [0, 0.1) is 6.92 Å². The summed E-state index contributed by atoms with van der Waals surface area (Å²) in [6.45, 7) is 2.33. The third-order valence-corrected chi connectivity index (χ3v) is 8.30. The molecule has 0 aromatic heterocycles. The lowest BCUT2D eigenvalue weighted by Gasteiger charge is -2.25. The first-order valence-corrected chi connectivity index (χ1v) is 14.3. The number of hydrogen-bond acceptors (Lipinski definition) is 7. The summed E-state index contributed by atoms with van der Waals surface area (Å²) in [7, 11) is -1.25. The molecule has 40 heavy (non-hydrogen) atoms. The lowest BCUT2D eigenvalue weighted by atomic mass is 10.1. The summed E-state index contributed by atoms with van der Waals surface area (Å²) >= 11 is 0. The zero-order valence-electron chi connectivity index (χ0n) is 22.7. The molecule has 1 heterocycles. The lowest BCUT2D eigenvalue weighted by Crippen LogP contribution is -2.38. The fourth-order valence-electron chi connectivity index (χ4n) is 4.35. The zero-order valence-corrected chi connectivity index (χ0v) is 23.5. The Morgan fingerprint density at radius 3 is 2.40 bits per heavy atom. The van der Waals surface area contributed by atoms with Crippen molar-refractivity contribution in [3.8, 4) is 11.5 Å². The number of nitrogens with zero attached hydrogens (tertiary/aromatic N) is 1. The molecule has 4 rings (SSSR count). The van der Waals surface area contributed by atoms with E-state index in [0.29, 0.717) is 24.7 Å². The molecule has 1 saturated heterocycles. The van der Waals surface area contributed by atoms with Crippen molar-refractivity contribution in [3.05, 3.63) is 77.9 Å². The lowest BCUT2D eigenvalue weighted by molar-refractivity contribution is -0.114. The van der Waals surface area contributed by atoms with E-state index in [1.54, 1.807) is 42.5 Å². The van der Waals surface area contributed by atoms with E-state index in [4.69, 9.17) is 14.2 Å². The van der Waals surface area contributed by atoms with Gasteiger partial charge in [0.15, 0.2) is 11.5 Å². The Hall–Kier alpha value is -4.09. The van der Waals surface area contributed by atoms with E-state index < -0.39 is 22.5 Å². The van der Waals surface area contributed by atoms with Gasteiger partial charge in [-0.05, 0) is 56.2 Å². The summed E-state index contributed by atoms with van der Waals surface area (Å²) in [5.41, 5.74) is 1.62. The Morgan fingerprint density at radius 1 is 1.00 bits per heavy atom. The molecule has 212 valence electrons. The number of ether oxygens (including phenoxy) is 3. The normalized spacial score (nSPS) is 14.8. The fraction of sp³-hybridized carbons (Fsp3) is 0.310. The highest BCUT2D eigenvalue weighted by molar-refractivity contribution is 7.92. The molecule has 3 aromatic rings. The van der Waals surface area contributed by atoms with Gasteiger partial charge in [0.1, 0.15) is 6.54 Å². The monoisotopic (exact) mass is 567 g/mol. The maximum absolute atomic E-state index is 13.8. The molecular weight excluding hydrogens is 534 g/mol. The Balaban J connectivity index is 1.60. The van der Waals surface area contributed by atoms with Crippen molar-refractivity contribution in [1.29, 1.82) is 0 Å². The van der Waals surface area contributed by atoms with Crippen molar-refractivity contribution in [2.75, 3.05) is 43.5 Å². The van der Waals surface area contributed by atoms with Gasteiger partial charge in [-0.1, -0.05) is 29.8 Å². The van der Waals surface area contributed by atoms with Gasteiger partial charge in [0.25, 0.3) is 15.9 Å². The fourth-order valence-corrected chi connectivity index (χ4v) is 5.76. The molecule has 0 bridgehead atoms. The van der Waals surface area contributed by atoms with Crippen LogP contribution in [0.15, 0.2) is 71.6 Å². The van der Waals surface area contributed by atoms with Crippen molar-refractivity contribution in [1.82, 2.24) is 5.32 Å². The molecule has 0 aliphatic carbocycles. The third-order valence-electron chi connectivity index (χ3n) is 6.51. The van der Waals surface area contributed by atoms with Crippen LogP contribution < -0.4 is 24.4 Å². The van der Waals surface area contributed by atoms with Crippen LogP contribution in [0.4, 0.5) is 11.4 Å². The molecule has 2 N–H and O–H groups in total. The molecule has 1 atom stereocenters. The van der Waals surface area contributed by atoms with Gasteiger partial charge >= 0.3 is 0 Å². The highest BCUT2D eigenvalue weighted by atomic mass is 32.2. The molecule has 0 unspecified atom stereocenters. The van der Waals surface area contributed by atoms with Gasteiger partial charge in [-0.2, -0.15) is 0 Å². The Morgan fingerprint density at radius 2 is 1.73 bits per heavy atom. The van der Waals surface area contributed by atoms with Gasteiger partial charge < -0.3 is 24.8 Å². The largest absolute Gasteiger partial charge is 0.493 e. The van der Waals surface area contributed by atoms with E-state index in [0.717, 1.165) is 22.7 Å². The first-order valence-electron chi connectivity index (χ1n) is 12.8. The van der Waals surface area contributed by atoms with E-state index in [-0.39, 0.29) is 33.8 Å². The smallest absolute Gasteiger partial charge is 0.264 e. The number of para-hydroxylation sites is 1. The summed E-state index contributed by atoms with van der Waals surface area (Å²) in [4.78, 5) is 26.2. The quantitative estimate of drug-likeness (QED) is 0.362. The number of amides is 2.